The van der Waals surface area contributed by atoms with Crippen molar-refractivity contribution in [1.29, 1.82) is 0 Å². The lowest BCUT2D eigenvalue weighted by Crippen LogP contribution is -2.17. The van der Waals surface area contributed by atoms with Crippen LogP contribution in [0.2, 0.25) is 0 Å². The second kappa shape index (κ2) is 7.17. The maximum atomic E-state index is 10.0. The van der Waals surface area contributed by atoms with Crippen molar-refractivity contribution in [2.45, 2.75) is 6.04 Å². The molecule has 0 amide bonds. The Morgan fingerprint density at radius 3 is 2.81 bits per heavy atom. The molecule has 0 aliphatic heterocycles. The molecular weight excluding hydrogens is 406 g/mol. The molecule has 2 aromatic heterocycles. The van der Waals surface area contributed by atoms with Gasteiger partial charge >= 0.3 is 0 Å². The van der Waals surface area contributed by atoms with Crippen LogP contribution in [0.15, 0.2) is 53.3 Å². The number of nitrogens with one attached hydrogen (secondary N) is 2. The monoisotopic (exact) mass is 425 g/mol. The van der Waals surface area contributed by atoms with Crippen LogP contribution in [0.3, 0.4) is 0 Å². The minimum atomic E-state index is -0.275. The SMILES string of the molecule is CN(C)c1cccc([C@H](CO)Nc2ncnc3[nH]c4cc(Br)ccc4c23)c1. The zero-order valence-electron chi connectivity index (χ0n) is 15.1. The fourth-order valence-electron chi connectivity index (χ4n) is 3.23. The first-order chi connectivity index (χ1) is 13.1. The van der Waals surface area contributed by atoms with Gasteiger partial charge in [-0.1, -0.05) is 34.1 Å². The lowest BCUT2D eigenvalue weighted by molar-refractivity contribution is 0.276. The Hall–Kier alpha value is -2.64. The Balaban J connectivity index is 1.77. The van der Waals surface area contributed by atoms with Gasteiger partial charge in [-0.05, 0) is 29.8 Å². The highest BCUT2D eigenvalue weighted by atomic mass is 79.9. The van der Waals surface area contributed by atoms with Crippen LogP contribution in [0, 0.1) is 0 Å². The molecule has 0 aliphatic rings. The second-order valence-electron chi connectivity index (χ2n) is 6.63. The smallest absolute Gasteiger partial charge is 0.143 e. The van der Waals surface area contributed by atoms with Crippen LogP contribution in [0.4, 0.5) is 11.5 Å². The van der Waals surface area contributed by atoms with E-state index >= 15 is 0 Å². The zero-order valence-corrected chi connectivity index (χ0v) is 16.7. The number of anilines is 2. The van der Waals surface area contributed by atoms with Gasteiger partial charge in [0.1, 0.15) is 17.8 Å². The topological polar surface area (TPSA) is 77.1 Å². The number of hydrogen-bond donors (Lipinski definition) is 3. The number of benzene rings is 2. The largest absolute Gasteiger partial charge is 0.394 e. The van der Waals surface area contributed by atoms with Gasteiger partial charge in [-0.3, -0.25) is 0 Å². The molecule has 0 radical (unpaired) electrons. The number of aliphatic hydroxyl groups excluding tert-OH is 1. The average molecular weight is 426 g/mol. The third-order valence-electron chi connectivity index (χ3n) is 4.63. The van der Waals surface area contributed by atoms with Crippen molar-refractivity contribution in [2.75, 3.05) is 30.9 Å². The molecule has 0 spiro atoms. The van der Waals surface area contributed by atoms with E-state index in [0.717, 1.165) is 37.7 Å². The molecule has 3 N–H and O–H groups in total. The van der Waals surface area contributed by atoms with Crippen LogP contribution in [0.5, 0.6) is 0 Å². The molecule has 138 valence electrons. The molecule has 27 heavy (non-hydrogen) atoms. The zero-order chi connectivity index (χ0) is 19.0. The minimum Gasteiger partial charge on any atom is -0.394 e. The van der Waals surface area contributed by atoms with Crippen LogP contribution in [0.25, 0.3) is 21.9 Å². The van der Waals surface area contributed by atoms with E-state index in [-0.39, 0.29) is 12.6 Å². The maximum absolute atomic E-state index is 10.0. The van der Waals surface area contributed by atoms with Crippen molar-refractivity contribution in [3.8, 4) is 0 Å². The first-order valence-corrected chi connectivity index (χ1v) is 9.42. The Kier molecular flexibility index (Phi) is 4.72. The number of halogens is 1. The summed E-state index contributed by atoms with van der Waals surface area (Å²) in [6.45, 7) is -0.0454. The number of rotatable bonds is 5. The Bertz CT molecular complexity index is 1110. The molecule has 6 nitrogen and oxygen atoms in total. The standard InChI is InChI=1S/C20H20BrN5O/c1-26(2)14-5-3-4-12(8-14)17(10-27)25-20-18-15-7-6-13(21)9-16(15)24-19(18)22-11-23-20/h3-9,11,17,27H,10H2,1-2H3,(H2,22,23,24,25)/t17-/m0/s1. The predicted octanol–water partition coefficient (Wildman–Crippen LogP) is 4.09. The highest BCUT2D eigenvalue weighted by Gasteiger charge is 2.16. The van der Waals surface area contributed by atoms with E-state index in [1.54, 1.807) is 0 Å². The third-order valence-corrected chi connectivity index (χ3v) is 5.13. The highest BCUT2D eigenvalue weighted by molar-refractivity contribution is 9.10. The molecule has 2 heterocycles. The number of aliphatic hydroxyl groups is 1. The fourth-order valence-corrected chi connectivity index (χ4v) is 3.59. The van der Waals surface area contributed by atoms with Gasteiger partial charge in [0.05, 0.1) is 18.0 Å². The molecule has 0 saturated heterocycles. The van der Waals surface area contributed by atoms with E-state index in [1.165, 1.54) is 6.33 Å². The van der Waals surface area contributed by atoms with E-state index in [9.17, 15) is 5.11 Å². The van der Waals surface area contributed by atoms with Crippen LogP contribution >= 0.6 is 15.9 Å². The van der Waals surface area contributed by atoms with Crippen molar-refractivity contribution >= 4 is 49.4 Å². The first-order valence-electron chi connectivity index (χ1n) is 8.63. The molecule has 2 aromatic carbocycles. The van der Waals surface area contributed by atoms with Crippen LogP contribution in [-0.4, -0.2) is 40.8 Å². The van der Waals surface area contributed by atoms with E-state index in [4.69, 9.17) is 0 Å². The lowest BCUT2D eigenvalue weighted by Gasteiger charge is -2.20. The lowest BCUT2D eigenvalue weighted by atomic mass is 10.1. The van der Waals surface area contributed by atoms with Gasteiger partial charge in [-0.2, -0.15) is 0 Å². The molecule has 4 rings (SSSR count). The van der Waals surface area contributed by atoms with Crippen LogP contribution in [-0.2, 0) is 0 Å². The van der Waals surface area contributed by atoms with Crippen molar-refractivity contribution in [3.05, 3.63) is 58.8 Å². The molecule has 7 heteroatoms. The van der Waals surface area contributed by atoms with Gasteiger partial charge in [-0.25, -0.2) is 9.97 Å². The summed E-state index contributed by atoms with van der Waals surface area (Å²) in [5.74, 6) is 0.697. The number of fused-ring (bicyclic) bond motifs is 3. The number of nitrogens with zero attached hydrogens (tertiary/aromatic N) is 3. The third kappa shape index (κ3) is 3.36. The molecule has 0 unspecified atom stereocenters. The minimum absolute atomic E-state index is 0.0454. The van der Waals surface area contributed by atoms with Crippen LogP contribution in [0.1, 0.15) is 11.6 Å². The molecule has 4 aromatic rings. The van der Waals surface area contributed by atoms with Crippen molar-refractivity contribution < 1.29 is 5.11 Å². The summed E-state index contributed by atoms with van der Waals surface area (Å²) in [5, 5.41) is 15.4. The first kappa shape index (κ1) is 17.8. The van der Waals surface area contributed by atoms with Crippen molar-refractivity contribution in [3.63, 3.8) is 0 Å². The molecule has 0 saturated carbocycles. The molecule has 0 aliphatic carbocycles. The summed E-state index contributed by atoms with van der Waals surface area (Å²) >= 11 is 3.50. The molecular formula is C20H20BrN5O. The normalized spacial score (nSPS) is 12.4. The predicted molar refractivity (Wildman–Crippen MR) is 113 cm³/mol. The van der Waals surface area contributed by atoms with E-state index in [1.807, 2.05) is 55.4 Å². The molecule has 1 atom stereocenters. The Labute approximate surface area is 165 Å². The summed E-state index contributed by atoms with van der Waals surface area (Å²) in [6.07, 6.45) is 1.53. The van der Waals surface area contributed by atoms with E-state index < -0.39 is 0 Å². The Morgan fingerprint density at radius 1 is 1.19 bits per heavy atom. The van der Waals surface area contributed by atoms with Gasteiger partial charge < -0.3 is 20.3 Å². The summed E-state index contributed by atoms with van der Waals surface area (Å²) in [7, 11) is 4.00. The van der Waals surface area contributed by atoms with Gasteiger partial charge in [0, 0.05) is 35.2 Å². The van der Waals surface area contributed by atoms with Gasteiger partial charge in [0.15, 0.2) is 0 Å². The maximum Gasteiger partial charge on any atom is 0.143 e. The van der Waals surface area contributed by atoms with Crippen molar-refractivity contribution in [1.82, 2.24) is 15.0 Å². The van der Waals surface area contributed by atoms with E-state index in [2.05, 4.69) is 42.3 Å². The summed E-state index contributed by atoms with van der Waals surface area (Å²) in [6, 6.07) is 13.9. The fraction of sp³-hybridized carbons (Fsp3) is 0.200. The molecule has 0 bridgehead atoms. The summed E-state index contributed by atoms with van der Waals surface area (Å²) in [5.41, 5.74) is 3.83. The number of hydrogen-bond acceptors (Lipinski definition) is 5. The van der Waals surface area contributed by atoms with Gasteiger partial charge in [0.2, 0.25) is 0 Å². The van der Waals surface area contributed by atoms with Crippen LogP contribution < -0.4 is 10.2 Å². The number of aromatic nitrogens is 3. The number of H-pyrrole nitrogens is 1. The summed E-state index contributed by atoms with van der Waals surface area (Å²) < 4.78 is 0.998. The van der Waals surface area contributed by atoms with E-state index in [0.29, 0.717) is 5.82 Å². The van der Waals surface area contributed by atoms with Gasteiger partial charge in [-0.15, -0.1) is 0 Å². The van der Waals surface area contributed by atoms with Crippen molar-refractivity contribution in [2.24, 2.45) is 0 Å². The highest BCUT2D eigenvalue weighted by Crippen LogP contribution is 2.32. The number of aromatic amines is 1. The summed E-state index contributed by atoms with van der Waals surface area (Å²) in [4.78, 5) is 14.2. The Morgan fingerprint density at radius 2 is 2.04 bits per heavy atom. The molecule has 0 fully saturated rings. The second-order valence-corrected chi connectivity index (χ2v) is 7.55. The quantitative estimate of drug-likeness (QED) is 0.448. The van der Waals surface area contributed by atoms with Gasteiger partial charge in [0.25, 0.3) is 0 Å². The average Bonchev–Trinajstić information content (AvgIpc) is 3.04.